The molecule has 1 saturated carbocycles. The Morgan fingerprint density at radius 2 is 1.85 bits per heavy atom. The maximum Gasteiger partial charge on any atom is 0.231 e. The number of fused-ring (bicyclic) bond motifs is 1. The van der Waals surface area contributed by atoms with E-state index in [0.29, 0.717) is 0 Å². The lowest BCUT2D eigenvalue weighted by atomic mass is 9.77. The Balaban J connectivity index is 0.00000210. The molecule has 5 nitrogen and oxygen atoms in total. The average molecular weight is 392 g/mol. The van der Waals surface area contributed by atoms with Crippen LogP contribution in [0, 0.1) is 11.8 Å². The monoisotopic (exact) mass is 391 g/mol. The van der Waals surface area contributed by atoms with E-state index in [9.17, 15) is 9.59 Å². The van der Waals surface area contributed by atoms with E-state index < -0.39 is 0 Å². The molecule has 2 N–H and O–H groups in total. The van der Waals surface area contributed by atoms with Crippen LogP contribution >= 0.6 is 12.4 Å². The largest absolute Gasteiger partial charge is 0.352 e. The van der Waals surface area contributed by atoms with Crippen molar-refractivity contribution in [3.8, 4) is 0 Å². The summed E-state index contributed by atoms with van der Waals surface area (Å²) < 4.78 is 0. The van der Waals surface area contributed by atoms with Crippen molar-refractivity contribution in [2.75, 3.05) is 18.0 Å². The number of benzene rings is 1. The minimum atomic E-state index is -0.188. The Kier molecular flexibility index (Phi) is 6.43. The topological polar surface area (TPSA) is 61.4 Å². The fraction of sp³-hybridized carbons (Fsp3) is 0.619. The number of anilines is 1. The lowest BCUT2D eigenvalue weighted by molar-refractivity contribution is -0.135. The van der Waals surface area contributed by atoms with Gasteiger partial charge < -0.3 is 15.5 Å². The Morgan fingerprint density at radius 1 is 1.11 bits per heavy atom. The van der Waals surface area contributed by atoms with E-state index in [1.165, 1.54) is 5.56 Å². The minimum absolute atomic E-state index is 0. The third kappa shape index (κ3) is 3.99. The maximum atomic E-state index is 13.5. The summed E-state index contributed by atoms with van der Waals surface area (Å²) in [4.78, 5) is 28.3. The molecule has 1 aromatic carbocycles. The van der Waals surface area contributed by atoms with Crippen LogP contribution in [0.3, 0.4) is 0 Å². The molecule has 6 heteroatoms. The van der Waals surface area contributed by atoms with Crippen LogP contribution in [0.1, 0.15) is 44.6 Å². The lowest BCUT2D eigenvalue weighted by Crippen LogP contribution is -2.49. The van der Waals surface area contributed by atoms with Crippen molar-refractivity contribution in [3.05, 3.63) is 29.8 Å². The van der Waals surface area contributed by atoms with E-state index in [4.69, 9.17) is 0 Å². The van der Waals surface area contributed by atoms with E-state index in [-0.39, 0.29) is 48.1 Å². The molecule has 0 radical (unpaired) electrons. The molecular formula is C21H30ClN3O2. The molecule has 2 aliphatic heterocycles. The van der Waals surface area contributed by atoms with Crippen molar-refractivity contribution < 1.29 is 9.59 Å². The average Bonchev–Trinajstić information content (AvgIpc) is 3.27. The van der Waals surface area contributed by atoms with Gasteiger partial charge in [0.1, 0.15) is 0 Å². The quantitative estimate of drug-likeness (QED) is 0.832. The highest BCUT2D eigenvalue weighted by atomic mass is 35.5. The minimum Gasteiger partial charge on any atom is -0.352 e. The fourth-order valence-corrected chi connectivity index (χ4v) is 4.91. The second-order valence-corrected chi connectivity index (χ2v) is 8.09. The maximum absolute atomic E-state index is 13.5. The third-order valence-electron chi connectivity index (χ3n) is 6.27. The summed E-state index contributed by atoms with van der Waals surface area (Å²) in [6.07, 6.45) is 5.61. The number of para-hydroxylation sites is 1. The molecule has 148 valence electrons. The van der Waals surface area contributed by atoms with Crippen LogP contribution in [0.4, 0.5) is 5.69 Å². The molecule has 0 aromatic heterocycles. The zero-order valence-electron chi connectivity index (χ0n) is 15.9. The predicted molar refractivity (Wildman–Crippen MR) is 109 cm³/mol. The highest BCUT2D eigenvalue weighted by Crippen LogP contribution is 2.38. The summed E-state index contributed by atoms with van der Waals surface area (Å²) in [5.74, 6) is -0.146. The van der Waals surface area contributed by atoms with Gasteiger partial charge in [-0.3, -0.25) is 9.59 Å². The SMILES string of the molecule is CC1Cc2ccccc2N1C(=O)C1CCCCC1C(=O)NC1CCNC1.Cl. The van der Waals surface area contributed by atoms with Gasteiger partial charge in [-0.2, -0.15) is 0 Å². The zero-order valence-corrected chi connectivity index (χ0v) is 16.8. The van der Waals surface area contributed by atoms with Gasteiger partial charge >= 0.3 is 0 Å². The molecular weight excluding hydrogens is 362 g/mol. The van der Waals surface area contributed by atoms with Gasteiger partial charge in [0.05, 0.1) is 5.92 Å². The molecule has 1 aromatic rings. The second kappa shape index (κ2) is 8.61. The Morgan fingerprint density at radius 3 is 2.59 bits per heavy atom. The van der Waals surface area contributed by atoms with Gasteiger partial charge in [-0.1, -0.05) is 31.0 Å². The molecule has 4 unspecified atom stereocenters. The van der Waals surface area contributed by atoms with Crippen LogP contribution < -0.4 is 15.5 Å². The molecule has 2 heterocycles. The Labute approximate surface area is 167 Å². The number of nitrogens with zero attached hydrogens (tertiary/aromatic N) is 1. The van der Waals surface area contributed by atoms with Crippen LogP contribution in [0.5, 0.6) is 0 Å². The third-order valence-corrected chi connectivity index (χ3v) is 6.27. The summed E-state index contributed by atoms with van der Waals surface area (Å²) in [7, 11) is 0. The van der Waals surface area contributed by atoms with E-state index in [1.807, 2.05) is 23.1 Å². The predicted octanol–water partition coefficient (Wildman–Crippen LogP) is 2.67. The molecule has 27 heavy (non-hydrogen) atoms. The number of hydrogen-bond donors (Lipinski definition) is 2. The van der Waals surface area contributed by atoms with Crippen LogP contribution in [-0.2, 0) is 16.0 Å². The highest BCUT2D eigenvalue weighted by Gasteiger charge is 2.41. The second-order valence-electron chi connectivity index (χ2n) is 8.09. The van der Waals surface area contributed by atoms with Gasteiger partial charge in [0.2, 0.25) is 11.8 Å². The van der Waals surface area contributed by atoms with Gasteiger partial charge in [-0.15, -0.1) is 12.4 Å². The van der Waals surface area contributed by atoms with Gasteiger partial charge in [-0.25, -0.2) is 0 Å². The molecule has 2 fully saturated rings. The Hall–Kier alpha value is -1.59. The van der Waals surface area contributed by atoms with Crippen molar-refractivity contribution in [3.63, 3.8) is 0 Å². The molecule has 2 amide bonds. The fourth-order valence-electron chi connectivity index (χ4n) is 4.91. The summed E-state index contributed by atoms with van der Waals surface area (Å²) in [5.41, 5.74) is 2.27. The van der Waals surface area contributed by atoms with E-state index in [1.54, 1.807) is 0 Å². The van der Waals surface area contributed by atoms with Crippen molar-refractivity contribution >= 4 is 29.9 Å². The number of halogens is 1. The van der Waals surface area contributed by atoms with E-state index >= 15 is 0 Å². The van der Waals surface area contributed by atoms with Crippen LogP contribution in [0.2, 0.25) is 0 Å². The molecule has 0 bridgehead atoms. The summed E-state index contributed by atoms with van der Waals surface area (Å²) in [5, 5.41) is 6.47. The Bertz CT molecular complexity index is 690. The first-order valence-corrected chi connectivity index (χ1v) is 10.1. The molecule has 3 aliphatic rings. The van der Waals surface area contributed by atoms with Crippen molar-refractivity contribution in [1.82, 2.24) is 10.6 Å². The number of rotatable bonds is 3. The molecule has 0 spiro atoms. The van der Waals surface area contributed by atoms with Gasteiger partial charge in [0, 0.05) is 30.2 Å². The number of nitrogens with one attached hydrogen (secondary N) is 2. The van der Waals surface area contributed by atoms with Crippen LogP contribution in [0.15, 0.2) is 24.3 Å². The van der Waals surface area contributed by atoms with Crippen molar-refractivity contribution in [2.45, 2.75) is 57.5 Å². The smallest absolute Gasteiger partial charge is 0.231 e. The first kappa shape index (κ1) is 20.2. The number of carbonyl (C=O) groups is 2. The van der Waals surface area contributed by atoms with Crippen molar-refractivity contribution in [1.29, 1.82) is 0 Å². The van der Waals surface area contributed by atoms with Gasteiger partial charge in [-0.05, 0) is 50.8 Å². The molecule has 4 rings (SSSR count). The lowest BCUT2D eigenvalue weighted by Gasteiger charge is -2.35. The van der Waals surface area contributed by atoms with E-state index in [2.05, 4.69) is 23.6 Å². The molecule has 4 atom stereocenters. The first-order valence-electron chi connectivity index (χ1n) is 10.1. The van der Waals surface area contributed by atoms with Crippen LogP contribution in [0.25, 0.3) is 0 Å². The number of hydrogen-bond acceptors (Lipinski definition) is 3. The summed E-state index contributed by atoms with van der Waals surface area (Å²) in [6, 6.07) is 8.56. The van der Waals surface area contributed by atoms with Gasteiger partial charge in [0.15, 0.2) is 0 Å². The number of amides is 2. The zero-order chi connectivity index (χ0) is 18.1. The molecule has 1 saturated heterocycles. The molecule has 1 aliphatic carbocycles. The normalized spacial score (nSPS) is 29.7. The van der Waals surface area contributed by atoms with Crippen molar-refractivity contribution in [2.24, 2.45) is 11.8 Å². The van der Waals surface area contributed by atoms with Crippen LogP contribution in [-0.4, -0.2) is 37.0 Å². The highest BCUT2D eigenvalue weighted by molar-refractivity contribution is 6.00. The number of carbonyl (C=O) groups excluding carboxylic acids is 2. The van der Waals surface area contributed by atoms with Gasteiger partial charge in [0.25, 0.3) is 0 Å². The summed E-state index contributed by atoms with van der Waals surface area (Å²) >= 11 is 0. The standard InChI is InChI=1S/C21H29N3O2.ClH/c1-14-12-15-6-2-5-9-19(15)24(14)21(26)18-8-4-3-7-17(18)20(25)23-16-10-11-22-13-16;/h2,5-6,9,14,16-18,22H,3-4,7-8,10-13H2,1H3,(H,23,25);1H. The first-order chi connectivity index (χ1) is 12.6. The summed E-state index contributed by atoms with van der Waals surface area (Å²) in [6.45, 7) is 3.91. The van der Waals surface area contributed by atoms with E-state index in [0.717, 1.165) is 57.3 Å².